The Bertz CT molecular complexity index is 588. The molecule has 0 amide bonds. The molecule has 0 spiro atoms. The number of hydrogen-bond acceptors (Lipinski definition) is 4. The Hall–Kier alpha value is -1.88. The first-order valence-electron chi connectivity index (χ1n) is 6.43. The third-order valence-corrected chi connectivity index (χ3v) is 2.76. The van der Waals surface area contributed by atoms with Gasteiger partial charge in [-0.2, -0.15) is 0 Å². The minimum atomic E-state index is -0.415. The maximum Gasteiger partial charge on any atom is 0.232 e. The van der Waals surface area contributed by atoms with Crippen molar-refractivity contribution in [3.63, 3.8) is 0 Å². The Balaban J connectivity index is 2.25. The van der Waals surface area contributed by atoms with E-state index >= 15 is 0 Å². The molecule has 20 heavy (non-hydrogen) atoms. The van der Waals surface area contributed by atoms with Crippen LogP contribution < -0.4 is 10.1 Å². The Morgan fingerprint density at radius 2 is 2.10 bits per heavy atom. The van der Waals surface area contributed by atoms with Crippen LogP contribution in [0.3, 0.4) is 0 Å². The summed E-state index contributed by atoms with van der Waals surface area (Å²) in [6.07, 6.45) is 1.53. The fourth-order valence-corrected chi connectivity index (χ4v) is 1.74. The Morgan fingerprint density at radius 3 is 2.75 bits per heavy atom. The fourth-order valence-electron chi connectivity index (χ4n) is 1.74. The molecule has 1 heterocycles. The van der Waals surface area contributed by atoms with Crippen LogP contribution in [0.15, 0.2) is 28.9 Å². The van der Waals surface area contributed by atoms with Crippen molar-refractivity contribution in [2.45, 2.75) is 32.9 Å². The highest BCUT2D eigenvalue weighted by atomic mass is 19.1. The monoisotopic (exact) mass is 278 g/mol. The summed E-state index contributed by atoms with van der Waals surface area (Å²) in [5, 5.41) is 3.30. The molecule has 0 fully saturated rings. The summed E-state index contributed by atoms with van der Waals surface area (Å²) in [6, 6.07) is 4.62. The highest BCUT2D eigenvalue weighted by molar-refractivity contribution is 5.63. The van der Waals surface area contributed by atoms with Crippen LogP contribution in [0.4, 0.5) is 4.39 Å². The smallest absolute Gasteiger partial charge is 0.232 e. The molecule has 1 aromatic carbocycles. The molecule has 0 unspecified atom stereocenters. The molecule has 0 atom stereocenters. The van der Waals surface area contributed by atoms with Crippen LogP contribution in [-0.2, 0) is 6.54 Å². The van der Waals surface area contributed by atoms with Gasteiger partial charge < -0.3 is 14.5 Å². The lowest BCUT2D eigenvalue weighted by atomic mass is 10.1. The normalized spacial score (nSPS) is 11.7. The predicted octanol–water partition coefficient (Wildman–Crippen LogP) is 3.38. The predicted molar refractivity (Wildman–Crippen MR) is 75.0 cm³/mol. The van der Waals surface area contributed by atoms with E-state index in [4.69, 9.17) is 9.15 Å². The van der Waals surface area contributed by atoms with Crippen molar-refractivity contribution in [3.05, 3.63) is 36.0 Å². The third kappa shape index (κ3) is 3.36. The number of benzene rings is 1. The lowest BCUT2D eigenvalue weighted by Gasteiger charge is -2.19. The Morgan fingerprint density at radius 1 is 1.35 bits per heavy atom. The number of aromatic nitrogens is 1. The molecule has 0 bridgehead atoms. The summed E-state index contributed by atoms with van der Waals surface area (Å²) < 4.78 is 24.4. The minimum Gasteiger partial charge on any atom is -0.496 e. The zero-order valence-corrected chi connectivity index (χ0v) is 12.2. The van der Waals surface area contributed by atoms with Gasteiger partial charge in [0.05, 0.1) is 12.8 Å². The Kier molecular flexibility index (Phi) is 4.09. The fraction of sp³-hybridized carbons (Fsp3) is 0.400. The number of nitrogens with one attached hydrogen (secondary N) is 1. The van der Waals surface area contributed by atoms with Gasteiger partial charge in [0, 0.05) is 12.1 Å². The first-order chi connectivity index (χ1) is 9.40. The molecule has 2 aromatic rings. The largest absolute Gasteiger partial charge is 0.496 e. The second kappa shape index (κ2) is 5.63. The standard InChI is InChI=1S/C15H19FN2O2/c1-15(2,3)17-8-10-9-20-14(18-10)13-11(16)6-5-7-12(13)19-4/h5-7,9,17H,8H2,1-4H3. The van der Waals surface area contributed by atoms with Gasteiger partial charge in [-0.3, -0.25) is 0 Å². The number of methoxy groups -OCH3 is 1. The van der Waals surface area contributed by atoms with Crippen LogP contribution in [0.25, 0.3) is 11.5 Å². The zero-order valence-electron chi connectivity index (χ0n) is 12.2. The number of hydrogen-bond donors (Lipinski definition) is 1. The average Bonchev–Trinajstić information content (AvgIpc) is 2.83. The van der Waals surface area contributed by atoms with Gasteiger partial charge in [0.15, 0.2) is 0 Å². The molecule has 1 aromatic heterocycles. The molecule has 2 rings (SSSR count). The quantitative estimate of drug-likeness (QED) is 0.931. The minimum absolute atomic E-state index is 0.0190. The lowest BCUT2D eigenvalue weighted by molar-refractivity contribution is 0.410. The van der Waals surface area contributed by atoms with E-state index < -0.39 is 5.82 Å². The van der Waals surface area contributed by atoms with Crippen LogP contribution in [0, 0.1) is 5.82 Å². The molecule has 0 radical (unpaired) electrons. The van der Waals surface area contributed by atoms with Crippen LogP contribution in [0.5, 0.6) is 5.75 Å². The van der Waals surface area contributed by atoms with Gasteiger partial charge in [0.25, 0.3) is 0 Å². The van der Waals surface area contributed by atoms with Crippen molar-refractivity contribution < 1.29 is 13.5 Å². The van der Waals surface area contributed by atoms with Crippen LogP contribution >= 0.6 is 0 Å². The summed E-state index contributed by atoms with van der Waals surface area (Å²) in [5.74, 6) is 0.217. The molecule has 1 N–H and O–H groups in total. The van der Waals surface area contributed by atoms with E-state index in [2.05, 4.69) is 31.1 Å². The van der Waals surface area contributed by atoms with Crippen LogP contribution in [-0.4, -0.2) is 17.6 Å². The highest BCUT2D eigenvalue weighted by Crippen LogP contribution is 2.31. The van der Waals surface area contributed by atoms with E-state index in [0.29, 0.717) is 12.3 Å². The summed E-state index contributed by atoms with van der Waals surface area (Å²) in [6.45, 7) is 6.75. The molecule has 0 aliphatic carbocycles. The number of nitrogens with zero attached hydrogens (tertiary/aromatic N) is 1. The molecule has 0 aliphatic rings. The van der Waals surface area contributed by atoms with Crippen molar-refractivity contribution in [1.82, 2.24) is 10.3 Å². The summed E-state index contributed by atoms with van der Waals surface area (Å²) in [4.78, 5) is 4.30. The van der Waals surface area contributed by atoms with E-state index in [0.717, 1.165) is 5.69 Å². The molecule has 0 saturated heterocycles. The van der Waals surface area contributed by atoms with E-state index in [1.807, 2.05) is 0 Å². The van der Waals surface area contributed by atoms with E-state index in [-0.39, 0.29) is 17.0 Å². The van der Waals surface area contributed by atoms with Gasteiger partial charge in [-0.1, -0.05) is 6.07 Å². The summed E-state index contributed by atoms with van der Waals surface area (Å²) in [7, 11) is 1.49. The maximum absolute atomic E-state index is 13.9. The van der Waals surface area contributed by atoms with Gasteiger partial charge >= 0.3 is 0 Å². The van der Waals surface area contributed by atoms with E-state index in [1.54, 1.807) is 12.1 Å². The SMILES string of the molecule is COc1cccc(F)c1-c1nc(CNC(C)(C)C)co1. The first-order valence-corrected chi connectivity index (χ1v) is 6.43. The van der Waals surface area contributed by atoms with Crippen molar-refractivity contribution in [2.75, 3.05) is 7.11 Å². The molecule has 0 saturated carbocycles. The zero-order chi connectivity index (χ0) is 14.8. The highest BCUT2D eigenvalue weighted by Gasteiger charge is 2.17. The van der Waals surface area contributed by atoms with Gasteiger partial charge in [-0.25, -0.2) is 9.37 Å². The Labute approximate surface area is 118 Å². The number of halogens is 1. The van der Waals surface area contributed by atoms with Gasteiger partial charge in [0.1, 0.15) is 23.4 Å². The maximum atomic E-state index is 13.9. The van der Waals surface area contributed by atoms with Gasteiger partial charge in [0.2, 0.25) is 5.89 Å². The second-order valence-corrected chi connectivity index (χ2v) is 5.56. The summed E-state index contributed by atoms with van der Waals surface area (Å²) in [5.41, 5.74) is 0.951. The molecular weight excluding hydrogens is 259 g/mol. The average molecular weight is 278 g/mol. The van der Waals surface area contributed by atoms with Crippen molar-refractivity contribution in [1.29, 1.82) is 0 Å². The van der Waals surface area contributed by atoms with Crippen LogP contribution in [0.1, 0.15) is 26.5 Å². The number of rotatable bonds is 4. The molecule has 0 aliphatic heterocycles. The molecule has 4 nitrogen and oxygen atoms in total. The van der Waals surface area contributed by atoms with Crippen molar-refractivity contribution in [2.24, 2.45) is 0 Å². The third-order valence-electron chi connectivity index (χ3n) is 2.76. The second-order valence-electron chi connectivity index (χ2n) is 5.56. The molecule has 5 heteroatoms. The van der Waals surface area contributed by atoms with Crippen molar-refractivity contribution >= 4 is 0 Å². The lowest BCUT2D eigenvalue weighted by Crippen LogP contribution is -2.35. The van der Waals surface area contributed by atoms with E-state index in [9.17, 15) is 4.39 Å². The topological polar surface area (TPSA) is 47.3 Å². The number of oxazole rings is 1. The summed E-state index contributed by atoms with van der Waals surface area (Å²) >= 11 is 0. The number of ether oxygens (including phenoxy) is 1. The van der Waals surface area contributed by atoms with Crippen molar-refractivity contribution in [3.8, 4) is 17.2 Å². The molecule has 108 valence electrons. The first kappa shape index (κ1) is 14.5. The van der Waals surface area contributed by atoms with Gasteiger partial charge in [-0.15, -0.1) is 0 Å². The van der Waals surface area contributed by atoms with Gasteiger partial charge in [-0.05, 0) is 32.9 Å². The van der Waals surface area contributed by atoms with E-state index in [1.165, 1.54) is 19.4 Å². The molecular formula is C15H19FN2O2. The van der Waals surface area contributed by atoms with Crippen LogP contribution in [0.2, 0.25) is 0 Å².